The molecule has 2 aromatic heterocycles. The topological polar surface area (TPSA) is 42.2 Å². The van der Waals surface area contributed by atoms with Crippen molar-refractivity contribution >= 4 is 11.6 Å². The van der Waals surface area contributed by atoms with Gasteiger partial charge >= 0.3 is 0 Å². The van der Waals surface area contributed by atoms with E-state index in [2.05, 4.69) is 20.9 Å². The van der Waals surface area contributed by atoms with Gasteiger partial charge in [0.05, 0.1) is 11.4 Å². The lowest BCUT2D eigenvalue weighted by molar-refractivity contribution is 0.229. The molecule has 0 saturated carbocycles. The highest BCUT2D eigenvalue weighted by Crippen LogP contribution is 2.28. The third kappa shape index (κ3) is 3.14. The molecule has 1 aliphatic rings. The molecular formula is C18H16ClN3O. The Labute approximate surface area is 139 Å². The van der Waals surface area contributed by atoms with Gasteiger partial charge in [0, 0.05) is 42.8 Å². The maximum atomic E-state index is 6.05. The van der Waals surface area contributed by atoms with Crippen LogP contribution in [0.25, 0.3) is 11.5 Å². The van der Waals surface area contributed by atoms with Crippen LogP contribution in [-0.4, -0.2) is 21.4 Å². The summed E-state index contributed by atoms with van der Waals surface area (Å²) < 4.78 is 5.93. The number of hydrogen-bond donors (Lipinski definition) is 0. The van der Waals surface area contributed by atoms with Gasteiger partial charge in [0.15, 0.2) is 0 Å². The zero-order valence-electron chi connectivity index (χ0n) is 12.6. The first kappa shape index (κ1) is 14.4. The SMILES string of the molecule is Clc1cccc(-c2nc3c(o2)CCN(Cc2ccccn2)C3)c1. The van der Waals surface area contributed by atoms with Gasteiger partial charge in [0.25, 0.3) is 0 Å². The van der Waals surface area contributed by atoms with Crippen LogP contribution in [0.3, 0.4) is 0 Å². The predicted octanol–water partition coefficient (Wildman–Crippen LogP) is 3.95. The Morgan fingerprint density at radius 2 is 2.13 bits per heavy atom. The van der Waals surface area contributed by atoms with Crippen molar-refractivity contribution in [1.82, 2.24) is 14.9 Å². The summed E-state index contributed by atoms with van der Waals surface area (Å²) in [5.74, 6) is 1.63. The molecule has 1 aliphatic heterocycles. The molecule has 0 radical (unpaired) electrons. The standard InChI is InChI=1S/C18H16ClN3O/c19-14-5-3-4-13(10-14)18-21-16-12-22(9-7-17(16)23-18)11-15-6-1-2-8-20-15/h1-6,8,10H,7,9,11-12H2. The van der Waals surface area contributed by atoms with Crippen molar-refractivity contribution in [2.24, 2.45) is 0 Å². The van der Waals surface area contributed by atoms with Crippen molar-refractivity contribution < 1.29 is 4.42 Å². The molecule has 23 heavy (non-hydrogen) atoms. The first-order valence-electron chi connectivity index (χ1n) is 7.65. The Kier molecular flexibility index (Phi) is 3.85. The van der Waals surface area contributed by atoms with Crippen LogP contribution in [0, 0.1) is 0 Å². The summed E-state index contributed by atoms with van der Waals surface area (Å²) >= 11 is 6.05. The minimum Gasteiger partial charge on any atom is -0.441 e. The van der Waals surface area contributed by atoms with Gasteiger partial charge in [-0.15, -0.1) is 0 Å². The Morgan fingerprint density at radius 1 is 1.17 bits per heavy atom. The van der Waals surface area contributed by atoms with Crippen LogP contribution in [0.5, 0.6) is 0 Å². The third-order valence-electron chi connectivity index (χ3n) is 3.99. The zero-order chi connectivity index (χ0) is 15.6. The van der Waals surface area contributed by atoms with E-state index in [9.17, 15) is 0 Å². The summed E-state index contributed by atoms with van der Waals surface area (Å²) in [7, 11) is 0. The zero-order valence-corrected chi connectivity index (χ0v) is 13.3. The number of pyridine rings is 1. The molecular weight excluding hydrogens is 310 g/mol. The van der Waals surface area contributed by atoms with Crippen LogP contribution in [0.15, 0.2) is 53.1 Å². The molecule has 3 heterocycles. The van der Waals surface area contributed by atoms with Crippen LogP contribution in [-0.2, 0) is 19.5 Å². The predicted molar refractivity (Wildman–Crippen MR) is 89.0 cm³/mol. The molecule has 4 rings (SSSR count). The largest absolute Gasteiger partial charge is 0.441 e. The van der Waals surface area contributed by atoms with Gasteiger partial charge in [-0.3, -0.25) is 9.88 Å². The molecule has 4 nitrogen and oxygen atoms in total. The second-order valence-electron chi connectivity index (χ2n) is 5.68. The molecule has 116 valence electrons. The van der Waals surface area contributed by atoms with E-state index in [1.807, 2.05) is 42.6 Å². The minimum absolute atomic E-state index is 0.650. The summed E-state index contributed by atoms with van der Waals surface area (Å²) in [6.07, 6.45) is 2.70. The molecule has 5 heteroatoms. The van der Waals surface area contributed by atoms with E-state index in [-0.39, 0.29) is 0 Å². The Morgan fingerprint density at radius 3 is 2.96 bits per heavy atom. The van der Waals surface area contributed by atoms with Crippen molar-refractivity contribution in [3.8, 4) is 11.5 Å². The van der Waals surface area contributed by atoms with Crippen LogP contribution in [0.2, 0.25) is 5.02 Å². The fraction of sp³-hybridized carbons (Fsp3) is 0.222. The Balaban J connectivity index is 1.54. The molecule has 0 amide bonds. The van der Waals surface area contributed by atoms with Gasteiger partial charge in [0.1, 0.15) is 5.76 Å². The second kappa shape index (κ2) is 6.14. The fourth-order valence-electron chi connectivity index (χ4n) is 2.85. The fourth-order valence-corrected chi connectivity index (χ4v) is 3.04. The van der Waals surface area contributed by atoms with Crippen LogP contribution >= 0.6 is 11.6 Å². The number of rotatable bonds is 3. The van der Waals surface area contributed by atoms with Gasteiger partial charge in [-0.05, 0) is 30.3 Å². The number of nitrogens with zero attached hydrogens (tertiary/aromatic N) is 3. The molecule has 0 fully saturated rings. The van der Waals surface area contributed by atoms with E-state index in [1.54, 1.807) is 0 Å². The maximum Gasteiger partial charge on any atom is 0.226 e. The highest BCUT2D eigenvalue weighted by Gasteiger charge is 2.23. The van der Waals surface area contributed by atoms with Gasteiger partial charge in [-0.25, -0.2) is 4.98 Å². The van der Waals surface area contributed by atoms with Crippen molar-refractivity contribution in [2.45, 2.75) is 19.5 Å². The molecule has 1 aromatic carbocycles. The van der Waals surface area contributed by atoms with E-state index >= 15 is 0 Å². The number of aromatic nitrogens is 2. The summed E-state index contributed by atoms with van der Waals surface area (Å²) in [6.45, 7) is 2.57. The molecule has 0 saturated heterocycles. The monoisotopic (exact) mass is 325 g/mol. The molecule has 0 spiro atoms. The second-order valence-corrected chi connectivity index (χ2v) is 6.12. The van der Waals surface area contributed by atoms with Crippen molar-refractivity contribution in [1.29, 1.82) is 0 Å². The van der Waals surface area contributed by atoms with Crippen LogP contribution in [0.4, 0.5) is 0 Å². The van der Waals surface area contributed by atoms with Gasteiger partial charge in [-0.1, -0.05) is 23.7 Å². The van der Waals surface area contributed by atoms with E-state index in [0.717, 1.165) is 48.8 Å². The third-order valence-corrected chi connectivity index (χ3v) is 4.23. The van der Waals surface area contributed by atoms with Crippen molar-refractivity contribution in [3.63, 3.8) is 0 Å². The summed E-state index contributed by atoms with van der Waals surface area (Å²) in [4.78, 5) is 11.4. The first-order valence-corrected chi connectivity index (χ1v) is 8.02. The molecule has 0 atom stereocenters. The molecule has 0 aliphatic carbocycles. The van der Waals surface area contributed by atoms with Gasteiger partial charge < -0.3 is 4.42 Å². The normalized spacial score (nSPS) is 14.7. The summed E-state index contributed by atoms with van der Waals surface area (Å²) in [6, 6.07) is 13.6. The van der Waals surface area contributed by atoms with E-state index in [4.69, 9.17) is 16.0 Å². The highest BCUT2D eigenvalue weighted by atomic mass is 35.5. The first-order chi connectivity index (χ1) is 11.3. The minimum atomic E-state index is 0.650. The highest BCUT2D eigenvalue weighted by molar-refractivity contribution is 6.30. The van der Waals surface area contributed by atoms with Crippen LogP contribution in [0.1, 0.15) is 17.1 Å². The number of oxazole rings is 1. The van der Waals surface area contributed by atoms with Crippen LogP contribution < -0.4 is 0 Å². The average molecular weight is 326 g/mol. The smallest absolute Gasteiger partial charge is 0.226 e. The quantitative estimate of drug-likeness (QED) is 0.731. The lowest BCUT2D eigenvalue weighted by Gasteiger charge is -2.24. The molecule has 3 aromatic rings. The summed E-state index contributed by atoms with van der Waals surface area (Å²) in [5.41, 5.74) is 3.01. The molecule has 0 N–H and O–H groups in total. The Hall–Kier alpha value is -2.17. The van der Waals surface area contributed by atoms with Gasteiger partial charge in [-0.2, -0.15) is 0 Å². The Bertz CT molecular complexity index is 816. The number of benzene rings is 1. The van der Waals surface area contributed by atoms with E-state index in [0.29, 0.717) is 10.9 Å². The lowest BCUT2D eigenvalue weighted by atomic mass is 10.1. The molecule has 0 unspecified atom stereocenters. The van der Waals surface area contributed by atoms with E-state index in [1.165, 1.54) is 0 Å². The lowest BCUT2D eigenvalue weighted by Crippen LogP contribution is -2.30. The average Bonchev–Trinajstić information content (AvgIpc) is 2.99. The number of fused-ring (bicyclic) bond motifs is 1. The van der Waals surface area contributed by atoms with E-state index < -0.39 is 0 Å². The van der Waals surface area contributed by atoms with Crippen molar-refractivity contribution in [2.75, 3.05) is 6.54 Å². The molecule has 0 bridgehead atoms. The number of halogens is 1. The maximum absolute atomic E-state index is 6.05. The number of hydrogen-bond acceptors (Lipinski definition) is 4. The van der Waals surface area contributed by atoms with Gasteiger partial charge in [0.2, 0.25) is 5.89 Å². The van der Waals surface area contributed by atoms with Crippen molar-refractivity contribution in [3.05, 3.63) is 70.8 Å². The summed E-state index contributed by atoms with van der Waals surface area (Å²) in [5, 5.41) is 0.690.